The van der Waals surface area contributed by atoms with Crippen molar-refractivity contribution < 1.29 is 24.2 Å². The predicted molar refractivity (Wildman–Crippen MR) is 81.4 cm³/mol. The molecule has 1 aromatic carbocycles. The number of methoxy groups -OCH3 is 1. The Bertz CT molecular complexity index is 524. The molecule has 0 aliphatic carbocycles. The maximum absolute atomic E-state index is 11.8. The molecule has 0 radical (unpaired) electrons. The molecule has 0 spiro atoms. The molecule has 0 aromatic heterocycles. The number of rotatable bonds is 8. The van der Waals surface area contributed by atoms with Crippen molar-refractivity contribution in [3.63, 3.8) is 0 Å². The van der Waals surface area contributed by atoms with Crippen molar-refractivity contribution in [3.8, 4) is 5.75 Å². The summed E-state index contributed by atoms with van der Waals surface area (Å²) in [6.45, 7) is 5.50. The SMILES string of the molecule is C=C(C)C(=O)OCCN[C@@H](Cc1ccc(O)cc1)C(=O)OC. The second kappa shape index (κ2) is 8.84. The van der Waals surface area contributed by atoms with Crippen LogP contribution in [0.1, 0.15) is 12.5 Å². The van der Waals surface area contributed by atoms with Crippen LogP contribution >= 0.6 is 0 Å². The van der Waals surface area contributed by atoms with Crippen LogP contribution in [0.25, 0.3) is 0 Å². The lowest BCUT2D eigenvalue weighted by atomic mass is 10.1. The lowest BCUT2D eigenvalue weighted by Crippen LogP contribution is -2.41. The maximum Gasteiger partial charge on any atom is 0.333 e. The highest BCUT2D eigenvalue weighted by Gasteiger charge is 2.19. The number of ether oxygens (including phenoxy) is 2. The zero-order valence-corrected chi connectivity index (χ0v) is 12.8. The fourth-order valence-corrected chi connectivity index (χ4v) is 1.75. The van der Waals surface area contributed by atoms with Crippen LogP contribution in [0.15, 0.2) is 36.4 Å². The van der Waals surface area contributed by atoms with E-state index in [0.29, 0.717) is 18.5 Å². The summed E-state index contributed by atoms with van der Waals surface area (Å²) in [7, 11) is 1.31. The molecule has 0 aliphatic heterocycles. The van der Waals surface area contributed by atoms with Gasteiger partial charge in [0, 0.05) is 12.1 Å². The first kappa shape index (κ1) is 17.7. The minimum Gasteiger partial charge on any atom is -0.508 e. The lowest BCUT2D eigenvalue weighted by Gasteiger charge is -2.16. The number of phenolic OH excluding ortho intramolecular Hbond substituents is 1. The first-order chi connectivity index (χ1) is 10.4. The van der Waals surface area contributed by atoms with E-state index in [1.807, 2.05) is 0 Å². The molecule has 0 amide bonds. The minimum atomic E-state index is -0.557. The molecule has 1 rings (SSSR count). The van der Waals surface area contributed by atoms with Crippen LogP contribution in [-0.4, -0.2) is 43.3 Å². The van der Waals surface area contributed by atoms with E-state index in [1.165, 1.54) is 7.11 Å². The van der Waals surface area contributed by atoms with E-state index >= 15 is 0 Å². The molecule has 6 nitrogen and oxygen atoms in total. The second-order valence-electron chi connectivity index (χ2n) is 4.82. The summed E-state index contributed by atoms with van der Waals surface area (Å²) < 4.78 is 9.70. The van der Waals surface area contributed by atoms with Gasteiger partial charge in [-0.2, -0.15) is 0 Å². The van der Waals surface area contributed by atoms with Gasteiger partial charge in [-0.15, -0.1) is 0 Å². The minimum absolute atomic E-state index is 0.134. The van der Waals surface area contributed by atoms with Crippen LogP contribution in [-0.2, 0) is 25.5 Å². The van der Waals surface area contributed by atoms with Crippen molar-refractivity contribution in [2.24, 2.45) is 0 Å². The first-order valence-electron chi connectivity index (χ1n) is 6.85. The molecular weight excluding hydrogens is 286 g/mol. The Balaban J connectivity index is 2.51. The maximum atomic E-state index is 11.8. The molecule has 0 aliphatic rings. The Hall–Kier alpha value is -2.34. The van der Waals surface area contributed by atoms with E-state index in [9.17, 15) is 14.7 Å². The summed E-state index contributed by atoms with van der Waals surface area (Å²) in [4.78, 5) is 23.0. The molecule has 0 saturated carbocycles. The smallest absolute Gasteiger partial charge is 0.333 e. The molecule has 6 heteroatoms. The van der Waals surface area contributed by atoms with Gasteiger partial charge in [-0.3, -0.25) is 4.79 Å². The third-order valence-corrected chi connectivity index (χ3v) is 2.94. The highest BCUT2D eigenvalue weighted by atomic mass is 16.5. The first-order valence-corrected chi connectivity index (χ1v) is 6.85. The largest absolute Gasteiger partial charge is 0.508 e. The van der Waals surface area contributed by atoms with Crippen molar-refractivity contribution in [3.05, 3.63) is 42.0 Å². The number of phenols is 1. The summed E-state index contributed by atoms with van der Waals surface area (Å²) in [6, 6.07) is 6.01. The highest BCUT2D eigenvalue weighted by Crippen LogP contribution is 2.11. The van der Waals surface area contributed by atoms with Crippen LogP contribution in [0.4, 0.5) is 0 Å². The molecule has 0 bridgehead atoms. The number of aromatic hydroxyl groups is 1. The predicted octanol–water partition coefficient (Wildman–Crippen LogP) is 1.19. The van der Waals surface area contributed by atoms with Crippen LogP contribution < -0.4 is 5.32 Å². The van der Waals surface area contributed by atoms with Gasteiger partial charge in [0.15, 0.2) is 0 Å². The molecule has 22 heavy (non-hydrogen) atoms. The van der Waals surface area contributed by atoms with Crippen molar-refractivity contribution in [2.75, 3.05) is 20.3 Å². The molecule has 1 aromatic rings. The fraction of sp³-hybridized carbons (Fsp3) is 0.375. The molecule has 0 saturated heterocycles. The Morgan fingerprint density at radius 2 is 1.95 bits per heavy atom. The standard InChI is InChI=1S/C16H21NO5/c1-11(2)15(19)22-9-8-17-14(16(20)21-3)10-12-4-6-13(18)7-5-12/h4-7,14,17-18H,1,8-10H2,2-3H3/t14-/m0/s1. The number of benzene rings is 1. The van der Waals surface area contributed by atoms with E-state index < -0.39 is 18.0 Å². The monoisotopic (exact) mass is 307 g/mol. The molecule has 0 unspecified atom stereocenters. The Morgan fingerprint density at radius 3 is 2.50 bits per heavy atom. The van der Waals surface area contributed by atoms with Gasteiger partial charge in [-0.1, -0.05) is 18.7 Å². The number of nitrogens with one attached hydrogen (secondary N) is 1. The van der Waals surface area contributed by atoms with Crippen molar-refractivity contribution in [1.29, 1.82) is 0 Å². The summed E-state index contributed by atoms with van der Waals surface area (Å²) >= 11 is 0. The van der Waals surface area contributed by atoms with Crippen LogP contribution in [0, 0.1) is 0 Å². The molecular formula is C16H21NO5. The quantitative estimate of drug-likeness (QED) is 0.426. The van der Waals surface area contributed by atoms with E-state index in [-0.39, 0.29) is 12.4 Å². The molecule has 0 fully saturated rings. The normalized spacial score (nSPS) is 11.5. The number of esters is 2. The number of carbonyl (C=O) groups is 2. The Labute approximate surface area is 129 Å². The van der Waals surface area contributed by atoms with Gasteiger partial charge < -0.3 is 19.9 Å². The number of carbonyl (C=O) groups excluding carboxylic acids is 2. The summed E-state index contributed by atoms with van der Waals surface area (Å²) in [5.41, 5.74) is 1.20. The van der Waals surface area contributed by atoms with Gasteiger partial charge in [0.1, 0.15) is 18.4 Å². The molecule has 2 N–H and O–H groups in total. The number of hydrogen-bond donors (Lipinski definition) is 2. The fourth-order valence-electron chi connectivity index (χ4n) is 1.75. The third kappa shape index (κ3) is 5.97. The lowest BCUT2D eigenvalue weighted by molar-refractivity contribution is -0.143. The van der Waals surface area contributed by atoms with Gasteiger partial charge in [-0.25, -0.2) is 4.79 Å². The third-order valence-electron chi connectivity index (χ3n) is 2.94. The van der Waals surface area contributed by atoms with E-state index in [2.05, 4.69) is 11.9 Å². The zero-order chi connectivity index (χ0) is 16.5. The van der Waals surface area contributed by atoms with Crippen LogP contribution in [0.5, 0.6) is 5.75 Å². The van der Waals surface area contributed by atoms with Gasteiger partial charge in [-0.05, 0) is 31.0 Å². The summed E-state index contributed by atoms with van der Waals surface area (Å²) in [5, 5.41) is 12.2. The van der Waals surface area contributed by atoms with Crippen LogP contribution in [0.3, 0.4) is 0 Å². The molecule has 120 valence electrons. The Morgan fingerprint density at radius 1 is 1.32 bits per heavy atom. The van der Waals surface area contributed by atoms with Crippen molar-refractivity contribution in [2.45, 2.75) is 19.4 Å². The average Bonchev–Trinajstić information content (AvgIpc) is 2.51. The summed E-state index contributed by atoms with van der Waals surface area (Å²) in [5.74, 6) is -0.702. The van der Waals surface area contributed by atoms with Gasteiger partial charge in [0.2, 0.25) is 0 Å². The van der Waals surface area contributed by atoms with Crippen LogP contribution in [0.2, 0.25) is 0 Å². The molecule has 0 heterocycles. The van der Waals surface area contributed by atoms with Crippen molar-refractivity contribution >= 4 is 11.9 Å². The van der Waals surface area contributed by atoms with E-state index in [1.54, 1.807) is 31.2 Å². The van der Waals surface area contributed by atoms with Gasteiger partial charge in [0.05, 0.1) is 7.11 Å². The topological polar surface area (TPSA) is 84.9 Å². The second-order valence-corrected chi connectivity index (χ2v) is 4.82. The van der Waals surface area contributed by atoms with Gasteiger partial charge in [0.25, 0.3) is 0 Å². The van der Waals surface area contributed by atoms with Gasteiger partial charge >= 0.3 is 11.9 Å². The summed E-state index contributed by atoms with van der Waals surface area (Å²) in [6.07, 6.45) is 0.404. The zero-order valence-electron chi connectivity index (χ0n) is 12.8. The van der Waals surface area contributed by atoms with Crippen molar-refractivity contribution in [1.82, 2.24) is 5.32 Å². The highest BCUT2D eigenvalue weighted by molar-refractivity contribution is 5.86. The number of hydrogen-bond acceptors (Lipinski definition) is 6. The Kier molecular flexibility index (Phi) is 7.12. The molecule has 1 atom stereocenters. The van der Waals surface area contributed by atoms with E-state index in [4.69, 9.17) is 9.47 Å². The van der Waals surface area contributed by atoms with E-state index in [0.717, 1.165) is 5.56 Å². The average molecular weight is 307 g/mol.